The summed E-state index contributed by atoms with van der Waals surface area (Å²) in [6.07, 6.45) is 1.67. The topological polar surface area (TPSA) is 90.3 Å². The van der Waals surface area contributed by atoms with Gasteiger partial charge in [-0.3, -0.25) is 0 Å². The average molecular weight is 225 g/mol. The molecule has 0 aromatic carbocycles. The number of anilines is 1. The number of hydrogen-bond donors (Lipinski definition) is 2. The van der Waals surface area contributed by atoms with Crippen molar-refractivity contribution in [3.8, 4) is 5.88 Å². The second kappa shape index (κ2) is 6.97. The Hall–Kier alpha value is -1.40. The molecule has 0 bridgehead atoms. The lowest BCUT2D eigenvalue weighted by Crippen LogP contribution is -2.35. The normalized spacial score (nSPS) is 10.2. The Kier molecular flexibility index (Phi) is 5.52. The molecule has 16 heavy (non-hydrogen) atoms. The minimum atomic E-state index is 0.544. The number of hydrogen-bond acceptors (Lipinski definition) is 6. The van der Waals surface area contributed by atoms with Gasteiger partial charge in [-0.05, 0) is 6.92 Å². The maximum absolute atomic E-state index is 5.52. The summed E-state index contributed by atoms with van der Waals surface area (Å²) in [6.45, 7) is 4.97. The lowest BCUT2D eigenvalue weighted by Gasteiger charge is -2.21. The fourth-order valence-electron chi connectivity index (χ4n) is 1.34. The van der Waals surface area contributed by atoms with Crippen molar-refractivity contribution < 1.29 is 4.74 Å². The maximum atomic E-state index is 5.52. The molecule has 4 N–H and O–H groups in total. The summed E-state index contributed by atoms with van der Waals surface area (Å²) in [6, 6.07) is 1.73. The van der Waals surface area contributed by atoms with Gasteiger partial charge in [0.2, 0.25) is 11.8 Å². The molecule has 90 valence electrons. The molecule has 1 heterocycles. The lowest BCUT2D eigenvalue weighted by atomic mass is 10.5. The second-order valence-corrected chi connectivity index (χ2v) is 3.19. The van der Waals surface area contributed by atoms with Crippen molar-refractivity contribution in [1.29, 1.82) is 0 Å². The Morgan fingerprint density at radius 3 is 2.56 bits per heavy atom. The highest BCUT2D eigenvalue weighted by Crippen LogP contribution is 2.11. The predicted molar refractivity (Wildman–Crippen MR) is 63.5 cm³/mol. The van der Waals surface area contributed by atoms with E-state index in [-0.39, 0.29) is 0 Å². The van der Waals surface area contributed by atoms with Crippen molar-refractivity contribution in [3.05, 3.63) is 12.3 Å². The van der Waals surface area contributed by atoms with Crippen LogP contribution in [0.5, 0.6) is 5.88 Å². The van der Waals surface area contributed by atoms with E-state index in [1.807, 2.05) is 11.8 Å². The molecule has 0 saturated carbocycles. The summed E-state index contributed by atoms with van der Waals surface area (Å²) >= 11 is 0. The lowest BCUT2D eigenvalue weighted by molar-refractivity contribution is 0.326. The van der Waals surface area contributed by atoms with Crippen LogP contribution in [-0.2, 0) is 0 Å². The van der Waals surface area contributed by atoms with Crippen molar-refractivity contribution in [1.82, 2.24) is 9.97 Å². The Balaban J connectivity index is 2.77. The number of nitrogens with zero attached hydrogens (tertiary/aromatic N) is 3. The minimum absolute atomic E-state index is 0.544. The van der Waals surface area contributed by atoms with Gasteiger partial charge in [-0.1, -0.05) is 0 Å². The van der Waals surface area contributed by atoms with E-state index in [4.69, 9.17) is 16.2 Å². The van der Waals surface area contributed by atoms with Crippen molar-refractivity contribution in [2.75, 3.05) is 37.7 Å². The first-order chi connectivity index (χ1) is 7.81. The maximum Gasteiger partial charge on any atom is 0.228 e. The summed E-state index contributed by atoms with van der Waals surface area (Å²) in [5.41, 5.74) is 11.0. The largest absolute Gasteiger partial charge is 0.478 e. The quantitative estimate of drug-likeness (QED) is 0.656. The average Bonchev–Trinajstić information content (AvgIpc) is 2.30. The van der Waals surface area contributed by atoms with Crippen molar-refractivity contribution >= 4 is 5.95 Å². The molecule has 0 spiro atoms. The monoisotopic (exact) mass is 225 g/mol. The van der Waals surface area contributed by atoms with Gasteiger partial charge in [-0.15, -0.1) is 0 Å². The SMILES string of the molecule is CCOc1ccnc(N(CCN)CCN)n1. The summed E-state index contributed by atoms with van der Waals surface area (Å²) in [5, 5.41) is 0. The van der Waals surface area contributed by atoms with E-state index in [0.29, 0.717) is 44.6 Å². The Bertz CT molecular complexity index is 301. The van der Waals surface area contributed by atoms with E-state index in [9.17, 15) is 0 Å². The van der Waals surface area contributed by atoms with Crippen LogP contribution in [0.4, 0.5) is 5.95 Å². The highest BCUT2D eigenvalue weighted by Gasteiger charge is 2.08. The third-order valence-electron chi connectivity index (χ3n) is 1.99. The van der Waals surface area contributed by atoms with Crippen molar-refractivity contribution in [3.63, 3.8) is 0 Å². The number of ether oxygens (including phenoxy) is 1. The van der Waals surface area contributed by atoms with Crippen LogP contribution in [-0.4, -0.2) is 42.8 Å². The number of rotatable bonds is 7. The zero-order valence-corrected chi connectivity index (χ0v) is 9.59. The molecule has 0 fully saturated rings. The molecule has 6 nitrogen and oxygen atoms in total. The number of aromatic nitrogens is 2. The van der Waals surface area contributed by atoms with Gasteiger partial charge in [-0.2, -0.15) is 4.98 Å². The van der Waals surface area contributed by atoms with E-state index >= 15 is 0 Å². The Morgan fingerprint density at radius 1 is 1.31 bits per heavy atom. The molecule has 0 saturated heterocycles. The first kappa shape index (κ1) is 12.7. The predicted octanol–water partition coefficient (Wildman–Crippen LogP) is -0.401. The first-order valence-corrected chi connectivity index (χ1v) is 5.42. The molecule has 6 heteroatoms. The molecular formula is C10H19N5O. The fraction of sp³-hybridized carbons (Fsp3) is 0.600. The summed E-state index contributed by atoms with van der Waals surface area (Å²) < 4.78 is 5.31. The van der Waals surface area contributed by atoms with Crippen LogP contribution in [0.3, 0.4) is 0 Å². The van der Waals surface area contributed by atoms with E-state index < -0.39 is 0 Å². The van der Waals surface area contributed by atoms with E-state index in [1.165, 1.54) is 0 Å². The van der Waals surface area contributed by atoms with Crippen LogP contribution in [0.2, 0.25) is 0 Å². The van der Waals surface area contributed by atoms with Crippen LogP contribution in [0, 0.1) is 0 Å². The van der Waals surface area contributed by atoms with Crippen LogP contribution < -0.4 is 21.1 Å². The second-order valence-electron chi connectivity index (χ2n) is 3.19. The summed E-state index contributed by atoms with van der Waals surface area (Å²) in [7, 11) is 0. The molecule has 0 amide bonds. The molecule has 1 rings (SSSR count). The van der Waals surface area contributed by atoms with E-state index in [0.717, 1.165) is 0 Å². The van der Waals surface area contributed by atoms with Crippen LogP contribution in [0.1, 0.15) is 6.92 Å². The summed E-state index contributed by atoms with van der Waals surface area (Å²) in [4.78, 5) is 10.4. The van der Waals surface area contributed by atoms with Gasteiger partial charge in [0.05, 0.1) is 6.61 Å². The molecule has 0 aliphatic carbocycles. The molecule has 0 unspecified atom stereocenters. The Labute approximate surface area is 95.6 Å². The number of nitrogens with two attached hydrogens (primary N) is 2. The molecule has 1 aromatic rings. The zero-order chi connectivity index (χ0) is 11.8. The smallest absolute Gasteiger partial charge is 0.228 e. The first-order valence-electron chi connectivity index (χ1n) is 5.42. The van der Waals surface area contributed by atoms with Gasteiger partial charge in [0.15, 0.2) is 0 Å². The molecular weight excluding hydrogens is 206 g/mol. The van der Waals surface area contributed by atoms with Gasteiger partial charge >= 0.3 is 0 Å². The molecule has 0 aliphatic heterocycles. The zero-order valence-electron chi connectivity index (χ0n) is 9.59. The van der Waals surface area contributed by atoms with Crippen molar-refractivity contribution in [2.45, 2.75) is 6.92 Å². The van der Waals surface area contributed by atoms with Gasteiger partial charge in [0.25, 0.3) is 0 Å². The molecule has 0 atom stereocenters. The highest BCUT2D eigenvalue weighted by molar-refractivity contribution is 5.31. The van der Waals surface area contributed by atoms with Crippen LogP contribution >= 0.6 is 0 Å². The van der Waals surface area contributed by atoms with Crippen molar-refractivity contribution in [2.24, 2.45) is 11.5 Å². The highest BCUT2D eigenvalue weighted by atomic mass is 16.5. The fourth-order valence-corrected chi connectivity index (χ4v) is 1.34. The van der Waals surface area contributed by atoms with E-state index in [1.54, 1.807) is 12.3 Å². The molecule has 0 aliphatic rings. The Morgan fingerprint density at radius 2 is 2.00 bits per heavy atom. The van der Waals surface area contributed by atoms with E-state index in [2.05, 4.69) is 9.97 Å². The third kappa shape index (κ3) is 3.63. The summed E-state index contributed by atoms with van der Waals surface area (Å²) in [5.74, 6) is 1.19. The molecule has 0 radical (unpaired) electrons. The van der Waals surface area contributed by atoms with Crippen LogP contribution in [0.25, 0.3) is 0 Å². The molecule has 1 aromatic heterocycles. The van der Waals surface area contributed by atoms with Gasteiger partial charge in [0.1, 0.15) is 0 Å². The van der Waals surface area contributed by atoms with Gasteiger partial charge in [0, 0.05) is 38.4 Å². The van der Waals surface area contributed by atoms with Gasteiger partial charge < -0.3 is 21.1 Å². The standard InChI is InChI=1S/C10H19N5O/c1-2-16-9-3-6-13-10(14-9)15(7-4-11)8-5-12/h3,6H,2,4-5,7-8,11-12H2,1H3. The minimum Gasteiger partial charge on any atom is -0.478 e. The van der Waals surface area contributed by atoms with Crippen LogP contribution in [0.15, 0.2) is 12.3 Å². The third-order valence-corrected chi connectivity index (χ3v) is 1.99. The van der Waals surface area contributed by atoms with Gasteiger partial charge in [-0.25, -0.2) is 4.98 Å².